The molecule has 0 aliphatic heterocycles. The fourth-order valence-corrected chi connectivity index (χ4v) is 3.29. The van der Waals surface area contributed by atoms with E-state index < -0.39 is 0 Å². The van der Waals surface area contributed by atoms with E-state index in [9.17, 15) is 4.39 Å². The van der Waals surface area contributed by atoms with Crippen molar-refractivity contribution in [1.82, 2.24) is 20.2 Å². The highest BCUT2D eigenvalue weighted by Gasteiger charge is 2.11. The third-order valence-electron chi connectivity index (χ3n) is 3.67. The number of nitrogens with one attached hydrogen (secondary N) is 1. The van der Waals surface area contributed by atoms with Crippen LogP contribution in [0.2, 0.25) is 0 Å². The second-order valence-electron chi connectivity index (χ2n) is 5.23. The number of rotatable bonds is 4. The van der Waals surface area contributed by atoms with Gasteiger partial charge in [-0.3, -0.25) is 10.1 Å². The first kappa shape index (κ1) is 14.8. The van der Waals surface area contributed by atoms with Gasteiger partial charge in [0.15, 0.2) is 5.82 Å². The molecule has 0 radical (unpaired) electrons. The lowest BCUT2D eigenvalue weighted by molar-refractivity contribution is 0.630. The van der Waals surface area contributed by atoms with Gasteiger partial charge in [0, 0.05) is 17.3 Å². The average Bonchev–Trinajstić information content (AvgIpc) is 3.09. The highest BCUT2D eigenvalue weighted by atomic mass is 32.2. The molecule has 2 heterocycles. The van der Waals surface area contributed by atoms with Gasteiger partial charge in [0.1, 0.15) is 5.82 Å². The van der Waals surface area contributed by atoms with Crippen molar-refractivity contribution >= 4 is 22.7 Å². The van der Waals surface area contributed by atoms with Crippen LogP contribution in [0.25, 0.3) is 22.3 Å². The Kier molecular flexibility index (Phi) is 3.96. The third-order valence-corrected chi connectivity index (χ3v) is 4.56. The molecule has 118 valence electrons. The number of aromatic amines is 1. The zero-order valence-corrected chi connectivity index (χ0v) is 13.4. The number of thioether (sulfide) groups is 1. The highest BCUT2D eigenvalue weighted by molar-refractivity contribution is 7.98. The number of hydrogen-bond acceptors (Lipinski definition) is 4. The standard InChI is InChI=1S/C18H13FN4S/c19-15-9-2-1-8-14(15)17-21-18(23-22-17)24-11-13-6-3-5-12-7-4-10-20-16(12)13/h1-10H,11H2,(H,21,22,23). The first-order valence-corrected chi connectivity index (χ1v) is 8.42. The molecular formula is C18H13FN4S. The van der Waals surface area contributed by atoms with E-state index in [0.29, 0.717) is 22.3 Å². The van der Waals surface area contributed by atoms with Gasteiger partial charge in [-0.2, -0.15) is 0 Å². The van der Waals surface area contributed by atoms with Gasteiger partial charge >= 0.3 is 0 Å². The number of nitrogens with zero attached hydrogens (tertiary/aromatic N) is 3. The zero-order chi connectivity index (χ0) is 16.4. The van der Waals surface area contributed by atoms with Crippen molar-refractivity contribution in [1.29, 1.82) is 0 Å². The Bertz CT molecular complexity index is 994. The first-order valence-electron chi connectivity index (χ1n) is 7.44. The van der Waals surface area contributed by atoms with Crippen molar-refractivity contribution in [3.8, 4) is 11.4 Å². The molecule has 0 bridgehead atoms. The largest absolute Gasteiger partial charge is 0.258 e. The first-order chi connectivity index (χ1) is 11.8. The van der Waals surface area contributed by atoms with Gasteiger partial charge in [-0.05, 0) is 23.8 Å². The van der Waals surface area contributed by atoms with Crippen LogP contribution in [0.15, 0.2) is 66.0 Å². The summed E-state index contributed by atoms with van der Waals surface area (Å²) in [5.41, 5.74) is 2.52. The van der Waals surface area contributed by atoms with Crippen LogP contribution in [-0.2, 0) is 5.75 Å². The van der Waals surface area contributed by atoms with Crippen LogP contribution >= 0.6 is 11.8 Å². The van der Waals surface area contributed by atoms with Gasteiger partial charge in [0.05, 0.1) is 11.1 Å². The molecule has 2 aromatic heterocycles. The Balaban J connectivity index is 1.56. The average molecular weight is 336 g/mol. The van der Waals surface area contributed by atoms with Gasteiger partial charge in [-0.1, -0.05) is 48.2 Å². The molecule has 4 aromatic rings. The van der Waals surface area contributed by atoms with Crippen LogP contribution in [0.3, 0.4) is 0 Å². The summed E-state index contributed by atoms with van der Waals surface area (Å²) in [6.07, 6.45) is 1.79. The lowest BCUT2D eigenvalue weighted by Crippen LogP contribution is -1.87. The van der Waals surface area contributed by atoms with Crippen molar-refractivity contribution in [2.75, 3.05) is 0 Å². The van der Waals surface area contributed by atoms with Crippen molar-refractivity contribution in [3.05, 3.63) is 72.2 Å². The molecule has 2 aromatic carbocycles. The van der Waals surface area contributed by atoms with Crippen LogP contribution < -0.4 is 0 Å². The quantitative estimate of drug-likeness (QED) is 0.559. The summed E-state index contributed by atoms with van der Waals surface area (Å²) in [6, 6.07) is 16.6. The molecule has 4 rings (SSSR count). The van der Waals surface area contributed by atoms with Gasteiger partial charge in [0.2, 0.25) is 5.16 Å². The van der Waals surface area contributed by atoms with E-state index in [4.69, 9.17) is 0 Å². The molecule has 6 heteroatoms. The van der Waals surface area contributed by atoms with E-state index in [-0.39, 0.29) is 5.82 Å². The van der Waals surface area contributed by atoms with Gasteiger partial charge < -0.3 is 0 Å². The van der Waals surface area contributed by atoms with E-state index in [0.717, 1.165) is 16.5 Å². The molecule has 0 atom stereocenters. The van der Waals surface area contributed by atoms with Crippen LogP contribution in [0, 0.1) is 5.82 Å². The topological polar surface area (TPSA) is 54.5 Å². The third kappa shape index (κ3) is 2.88. The predicted octanol–water partition coefficient (Wildman–Crippen LogP) is 4.45. The maximum Gasteiger partial charge on any atom is 0.209 e. The molecule has 0 aliphatic carbocycles. The molecule has 0 aliphatic rings. The molecule has 1 N–H and O–H groups in total. The number of benzene rings is 2. The lowest BCUT2D eigenvalue weighted by atomic mass is 10.1. The summed E-state index contributed by atoms with van der Waals surface area (Å²) < 4.78 is 13.8. The number of H-pyrrole nitrogens is 1. The maximum absolute atomic E-state index is 13.8. The molecule has 0 saturated carbocycles. The fourth-order valence-electron chi connectivity index (χ4n) is 2.51. The minimum Gasteiger partial charge on any atom is -0.258 e. The van der Waals surface area contributed by atoms with E-state index in [2.05, 4.69) is 20.2 Å². The fraction of sp³-hybridized carbons (Fsp3) is 0.0556. The maximum atomic E-state index is 13.8. The smallest absolute Gasteiger partial charge is 0.209 e. The van der Waals surface area contributed by atoms with E-state index in [1.165, 1.54) is 17.8 Å². The van der Waals surface area contributed by atoms with Crippen LogP contribution in [0.1, 0.15) is 5.56 Å². The Hall–Kier alpha value is -2.73. The van der Waals surface area contributed by atoms with Crippen molar-refractivity contribution in [3.63, 3.8) is 0 Å². The summed E-state index contributed by atoms with van der Waals surface area (Å²) >= 11 is 1.49. The second kappa shape index (κ2) is 6.41. The van der Waals surface area contributed by atoms with Gasteiger partial charge in [-0.15, -0.1) is 5.10 Å². The molecule has 0 saturated heterocycles. The number of hydrogen-bond donors (Lipinski definition) is 1. The number of aromatic nitrogens is 4. The van der Waals surface area contributed by atoms with Gasteiger partial charge in [0.25, 0.3) is 0 Å². The molecule has 0 fully saturated rings. The van der Waals surface area contributed by atoms with Crippen LogP contribution in [0.5, 0.6) is 0 Å². The lowest BCUT2D eigenvalue weighted by Gasteiger charge is -2.03. The number of para-hydroxylation sites is 1. The Morgan fingerprint density at radius 1 is 1.00 bits per heavy atom. The number of halogens is 1. The highest BCUT2D eigenvalue weighted by Crippen LogP contribution is 2.26. The SMILES string of the molecule is Fc1ccccc1-c1nc(SCc2cccc3cccnc23)n[nH]1. The minimum atomic E-state index is -0.316. The van der Waals surface area contributed by atoms with E-state index in [1.807, 2.05) is 30.3 Å². The predicted molar refractivity (Wildman–Crippen MR) is 93.1 cm³/mol. The second-order valence-corrected chi connectivity index (χ2v) is 6.17. The van der Waals surface area contributed by atoms with Crippen molar-refractivity contribution < 1.29 is 4.39 Å². The van der Waals surface area contributed by atoms with Gasteiger partial charge in [-0.25, -0.2) is 9.37 Å². The van der Waals surface area contributed by atoms with Crippen molar-refractivity contribution in [2.45, 2.75) is 10.9 Å². The van der Waals surface area contributed by atoms with E-state index >= 15 is 0 Å². The number of fused-ring (bicyclic) bond motifs is 1. The minimum absolute atomic E-state index is 0.316. The molecular weight excluding hydrogens is 323 g/mol. The summed E-state index contributed by atoms with van der Waals surface area (Å²) in [4.78, 5) is 8.82. The zero-order valence-electron chi connectivity index (χ0n) is 12.6. The summed E-state index contributed by atoms with van der Waals surface area (Å²) in [7, 11) is 0. The van der Waals surface area contributed by atoms with Crippen molar-refractivity contribution in [2.24, 2.45) is 0 Å². The summed E-state index contributed by atoms with van der Waals surface area (Å²) in [5.74, 6) is 0.818. The summed E-state index contributed by atoms with van der Waals surface area (Å²) in [5, 5.41) is 8.66. The van der Waals surface area contributed by atoms with Crippen LogP contribution in [0.4, 0.5) is 4.39 Å². The molecule has 24 heavy (non-hydrogen) atoms. The van der Waals surface area contributed by atoms with E-state index in [1.54, 1.807) is 24.4 Å². The molecule has 0 amide bonds. The Morgan fingerprint density at radius 2 is 1.88 bits per heavy atom. The molecule has 0 spiro atoms. The Labute approximate surface area is 142 Å². The van der Waals surface area contributed by atoms with Crippen LogP contribution in [-0.4, -0.2) is 20.2 Å². The number of pyridine rings is 1. The molecule has 4 nitrogen and oxygen atoms in total. The Morgan fingerprint density at radius 3 is 2.79 bits per heavy atom. The summed E-state index contributed by atoms with van der Waals surface area (Å²) in [6.45, 7) is 0. The normalized spacial score (nSPS) is 11.0. The molecule has 0 unspecified atom stereocenters. The monoisotopic (exact) mass is 336 g/mol.